The molecule has 1 N–H and O–H groups in total. The minimum atomic E-state index is 0.399. The molecule has 1 heterocycles. The molecule has 0 amide bonds. The van der Waals surface area contributed by atoms with Crippen molar-refractivity contribution in [2.75, 3.05) is 39.8 Å². The lowest BCUT2D eigenvalue weighted by molar-refractivity contribution is -0.0180. The summed E-state index contributed by atoms with van der Waals surface area (Å²) in [5.41, 5.74) is 0. The molecule has 1 saturated heterocycles. The van der Waals surface area contributed by atoms with Crippen LogP contribution in [0.2, 0.25) is 0 Å². The zero-order valence-corrected chi connectivity index (χ0v) is 8.88. The first kappa shape index (κ1) is 11.0. The molecule has 3 heteroatoms. The van der Waals surface area contributed by atoms with E-state index in [1.807, 2.05) is 0 Å². The lowest BCUT2D eigenvalue weighted by Crippen LogP contribution is -2.44. The Bertz CT molecular complexity index is 130. The van der Waals surface area contributed by atoms with Crippen LogP contribution in [0.3, 0.4) is 0 Å². The quantitative estimate of drug-likeness (QED) is 0.640. The van der Waals surface area contributed by atoms with E-state index in [1.54, 1.807) is 0 Å². The first-order chi connectivity index (χ1) is 6.33. The Kier molecular flexibility index (Phi) is 5.35. The highest BCUT2D eigenvalue weighted by Crippen LogP contribution is 2.01. The second-order valence-electron chi connectivity index (χ2n) is 3.81. The summed E-state index contributed by atoms with van der Waals surface area (Å²) < 4.78 is 5.62. The maximum Gasteiger partial charge on any atom is 0.0826 e. The highest BCUT2D eigenvalue weighted by molar-refractivity contribution is 4.70. The number of nitrogens with zero attached hydrogens (tertiary/aromatic N) is 1. The van der Waals surface area contributed by atoms with E-state index >= 15 is 0 Å². The first-order valence-electron chi connectivity index (χ1n) is 5.33. The second-order valence-corrected chi connectivity index (χ2v) is 3.81. The summed E-state index contributed by atoms with van der Waals surface area (Å²) in [6.07, 6.45) is 2.93. The number of ether oxygens (including phenoxy) is 1. The highest BCUT2D eigenvalue weighted by atomic mass is 16.5. The van der Waals surface area contributed by atoms with Gasteiger partial charge in [0.1, 0.15) is 0 Å². The van der Waals surface area contributed by atoms with Gasteiger partial charge in [0.15, 0.2) is 0 Å². The first-order valence-corrected chi connectivity index (χ1v) is 5.33. The topological polar surface area (TPSA) is 24.5 Å². The minimum absolute atomic E-state index is 0.399. The van der Waals surface area contributed by atoms with Crippen LogP contribution < -0.4 is 5.32 Å². The molecule has 0 radical (unpaired) electrons. The number of unbranched alkanes of at least 4 members (excludes halogenated alkanes) is 1. The molecular weight excluding hydrogens is 164 g/mol. The average molecular weight is 186 g/mol. The summed E-state index contributed by atoms with van der Waals surface area (Å²) >= 11 is 0. The fourth-order valence-corrected chi connectivity index (χ4v) is 1.56. The number of hydrogen-bond acceptors (Lipinski definition) is 3. The van der Waals surface area contributed by atoms with Crippen molar-refractivity contribution in [3.8, 4) is 0 Å². The third-order valence-corrected chi connectivity index (χ3v) is 2.42. The molecule has 0 saturated carbocycles. The van der Waals surface area contributed by atoms with Crippen molar-refractivity contribution in [3.05, 3.63) is 0 Å². The Morgan fingerprint density at radius 2 is 2.38 bits per heavy atom. The Hall–Kier alpha value is -0.120. The van der Waals surface area contributed by atoms with E-state index in [9.17, 15) is 0 Å². The van der Waals surface area contributed by atoms with E-state index in [-0.39, 0.29) is 0 Å². The van der Waals surface area contributed by atoms with Gasteiger partial charge in [-0.15, -0.1) is 0 Å². The van der Waals surface area contributed by atoms with Gasteiger partial charge in [0, 0.05) is 19.6 Å². The van der Waals surface area contributed by atoms with E-state index < -0.39 is 0 Å². The van der Waals surface area contributed by atoms with E-state index in [4.69, 9.17) is 4.74 Å². The molecule has 0 aromatic carbocycles. The Morgan fingerprint density at radius 3 is 3.08 bits per heavy atom. The van der Waals surface area contributed by atoms with Gasteiger partial charge in [-0.3, -0.25) is 0 Å². The molecule has 0 aliphatic carbocycles. The van der Waals surface area contributed by atoms with Crippen molar-refractivity contribution < 1.29 is 4.74 Å². The number of likely N-dealkylation sites (N-methyl/N-ethyl adjacent to an activating group) is 1. The van der Waals surface area contributed by atoms with Gasteiger partial charge in [0.05, 0.1) is 12.7 Å². The predicted octanol–water partition coefficient (Wildman–Crippen LogP) is 0.707. The highest BCUT2D eigenvalue weighted by Gasteiger charge is 2.16. The van der Waals surface area contributed by atoms with E-state index in [2.05, 4.69) is 24.2 Å². The smallest absolute Gasteiger partial charge is 0.0826 e. The van der Waals surface area contributed by atoms with Gasteiger partial charge >= 0.3 is 0 Å². The van der Waals surface area contributed by atoms with Crippen LogP contribution in [0.4, 0.5) is 0 Å². The number of hydrogen-bond donors (Lipinski definition) is 1. The normalized spacial score (nSPS) is 24.9. The average Bonchev–Trinajstić information content (AvgIpc) is 2.13. The third-order valence-electron chi connectivity index (χ3n) is 2.42. The predicted molar refractivity (Wildman–Crippen MR) is 55.0 cm³/mol. The fraction of sp³-hybridized carbons (Fsp3) is 1.00. The molecule has 78 valence electrons. The van der Waals surface area contributed by atoms with Crippen LogP contribution in [0.5, 0.6) is 0 Å². The Morgan fingerprint density at radius 1 is 1.54 bits per heavy atom. The van der Waals surface area contributed by atoms with Crippen molar-refractivity contribution in [2.45, 2.75) is 25.9 Å². The van der Waals surface area contributed by atoms with E-state index in [0.29, 0.717) is 6.10 Å². The second kappa shape index (κ2) is 6.35. The number of rotatable bonds is 5. The van der Waals surface area contributed by atoms with Crippen LogP contribution in [0, 0.1) is 0 Å². The summed E-state index contributed by atoms with van der Waals surface area (Å²) in [6, 6.07) is 0. The maximum atomic E-state index is 5.62. The molecule has 1 aliphatic rings. The van der Waals surface area contributed by atoms with Gasteiger partial charge in [0.2, 0.25) is 0 Å². The molecule has 0 unspecified atom stereocenters. The van der Waals surface area contributed by atoms with Crippen LogP contribution in [0.15, 0.2) is 0 Å². The molecule has 0 spiro atoms. The van der Waals surface area contributed by atoms with Crippen molar-refractivity contribution in [1.82, 2.24) is 10.2 Å². The van der Waals surface area contributed by atoms with Crippen LogP contribution in [-0.4, -0.2) is 50.8 Å². The number of morpholine rings is 1. The molecule has 0 bridgehead atoms. The molecule has 0 aromatic rings. The SMILES string of the molecule is CCCCNC[C@@H]1CN(C)CCO1. The summed E-state index contributed by atoms with van der Waals surface area (Å²) in [7, 11) is 2.15. The molecule has 1 atom stereocenters. The van der Waals surface area contributed by atoms with Crippen LogP contribution >= 0.6 is 0 Å². The molecule has 0 aromatic heterocycles. The molecular formula is C10H22N2O. The van der Waals surface area contributed by atoms with Crippen molar-refractivity contribution in [3.63, 3.8) is 0 Å². The van der Waals surface area contributed by atoms with Gasteiger partial charge in [-0.05, 0) is 20.0 Å². The van der Waals surface area contributed by atoms with Gasteiger partial charge in [0.25, 0.3) is 0 Å². The largest absolute Gasteiger partial charge is 0.374 e. The zero-order chi connectivity index (χ0) is 9.52. The van der Waals surface area contributed by atoms with Crippen molar-refractivity contribution in [2.24, 2.45) is 0 Å². The fourth-order valence-electron chi connectivity index (χ4n) is 1.56. The van der Waals surface area contributed by atoms with Crippen LogP contribution in [-0.2, 0) is 4.74 Å². The van der Waals surface area contributed by atoms with Gasteiger partial charge < -0.3 is 15.0 Å². The summed E-state index contributed by atoms with van der Waals surface area (Å²) in [4.78, 5) is 2.33. The third kappa shape index (κ3) is 4.60. The van der Waals surface area contributed by atoms with E-state index in [0.717, 1.165) is 32.8 Å². The van der Waals surface area contributed by atoms with Gasteiger partial charge in [-0.2, -0.15) is 0 Å². The lowest BCUT2D eigenvalue weighted by Gasteiger charge is -2.30. The monoisotopic (exact) mass is 186 g/mol. The number of nitrogens with one attached hydrogen (secondary N) is 1. The van der Waals surface area contributed by atoms with Crippen LogP contribution in [0.25, 0.3) is 0 Å². The molecule has 3 nitrogen and oxygen atoms in total. The van der Waals surface area contributed by atoms with E-state index in [1.165, 1.54) is 12.8 Å². The van der Waals surface area contributed by atoms with Crippen molar-refractivity contribution in [1.29, 1.82) is 0 Å². The summed E-state index contributed by atoms with van der Waals surface area (Å²) in [6.45, 7) is 7.37. The van der Waals surface area contributed by atoms with Gasteiger partial charge in [-0.1, -0.05) is 13.3 Å². The van der Waals surface area contributed by atoms with Crippen molar-refractivity contribution >= 4 is 0 Å². The standard InChI is InChI=1S/C10H22N2O/c1-3-4-5-11-8-10-9-12(2)6-7-13-10/h10-11H,3-9H2,1-2H3/t10-/m1/s1. The zero-order valence-electron chi connectivity index (χ0n) is 8.88. The minimum Gasteiger partial charge on any atom is -0.374 e. The molecule has 1 aliphatic heterocycles. The molecule has 13 heavy (non-hydrogen) atoms. The lowest BCUT2D eigenvalue weighted by atomic mass is 10.2. The Labute approximate surface area is 81.4 Å². The van der Waals surface area contributed by atoms with Gasteiger partial charge in [-0.25, -0.2) is 0 Å². The molecule has 1 fully saturated rings. The Balaban J connectivity index is 2.00. The molecule has 1 rings (SSSR count). The van der Waals surface area contributed by atoms with Crippen LogP contribution in [0.1, 0.15) is 19.8 Å². The maximum absolute atomic E-state index is 5.62. The summed E-state index contributed by atoms with van der Waals surface area (Å²) in [5.74, 6) is 0. The summed E-state index contributed by atoms with van der Waals surface area (Å²) in [5, 5.41) is 3.42.